The number of ether oxygens (including phenoxy) is 4. The molecule has 0 rings (SSSR count). The zero-order valence-corrected chi connectivity index (χ0v) is 58.1. The van der Waals surface area contributed by atoms with Crippen molar-refractivity contribution in [2.24, 2.45) is 11.8 Å². The number of aliphatic hydroxyl groups is 1. The molecular formula is C68H132O17P2. The molecule has 5 atom stereocenters. The van der Waals surface area contributed by atoms with Gasteiger partial charge in [0.2, 0.25) is 0 Å². The molecule has 0 aromatic carbocycles. The minimum atomic E-state index is -4.95. The summed E-state index contributed by atoms with van der Waals surface area (Å²) in [5.74, 6) is -0.594. The maximum Gasteiger partial charge on any atom is 0.472 e. The molecule has 0 bridgehead atoms. The van der Waals surface area contributed by atoms with Crippen molar-refractivity contribution in [3.63, 3.8) is 0 Å². The molecule has 0 saturated heterocycles. The molecule has 0 aromatic heterocycles. The number of aliphatic hydroxyl groups excluding tert-OH is 1. The highest BCUT2D eigenvalue weighted by Gasteiger charge is 2.30. The van der Waals surface area contributed by atoms with Gasteiger partial charge in [0.1, 0.15) is 19.3 Å². The van der Waals surface area contributed by atoms with E-state index in [0.717, 1.165) is 115 Å². The second-order valence-corrected chi connectivity index (χ2v) is 28.4. The SMILES string of the molecule is CCCCCCCCCCCCCCC(=O)O[C@H](COC(=O)CCCCCCCCC)COP(=O)(O)OC[C@H](O)COP(=O)(O)OC[C@@H](COC(=O)CCCCCCCCCCCCCC(C)C)OC(=O)CCCCCCCCCCCCCC(C)C. The molecular weight excluding hydrogens is 1150 g/mol. The van der Waals surface area contributed by atoms with Crippen LogP contribution < -0.4 is 0 Å². The summed E-state index contributed by atoms with van der Waals surface area (Å²) in [6.45, 7) is 9.50. The Hall–Kier alpha value is -1.94. The van der Waals surface area contributed by atoms with Crippen LogP contribution in [0.4, 0.5) is 0 Å². The summed E-state index contributed by atoms with van der Waals surface area (Å²) >= 11 is 0. The van der Waals surface area contributed by atoms with Gasteiger partial charge in [0.25, 0.3) is 0 Å². The molecule has 0 amide bonds. The Morgan fingerprint density at radius 1 is 0.310 bits per heavy atom. The Morgan fingerprint density at radius 3 is 0.782 bits per heavy atom. The molecule has 0 saturated carbocycles. The average molecular weight is 1280 g/mol. The van der Waals surface area contributed by atoms with E-state index in [4.69, 9.17) is 37.0 Å². The normalized spacial score (nSPS) is 14.2. The lowest BCUT2D eigenvalue weighted by Gasteiger charge is -2.21. The molecule has 0 spiro atoms. The van der Waals surface area contributed by atoms with Gasteiger partial charge in [0.15, 0.2) is 12.2 Å². The highest BCUT2D eigenvalue weighted by molar-refractivity contribution is 7.47. The monoisotopic (exact) mass is 1280 g/mol. The summed E-state index contributed by atoms with van der Waals surface area (Å²) in [7, 11) is -9.89. The lowest BCUT2D eigenvalue weighted by Crippen LogP contribution is -2.30. The summed E-state index contributed by atoms with van der Waals surface area (Å²) in [6.07, 6.45) is 44.4. The summed E-state index contributed by atoms with van der Waals surface area (Å²) in [6, 6.07) is 0. The van der Waals surface area contributed by atoms with Gasteiger partial charge in [0.05, 0.1) is 26.4 Å². The maximum atomic E-state index is 13.0. The van der Waals surface area contributed by atoms with Gasteiger partial charge in [-0.05, 0) is 37.5 Å². The Bertz CT molecular complexity index is 1700. The second-order valence-electron chi connectivity index (χ2n) is 25.5. The van der Waals surface area contributed by atoms with Gasteiger partial charge in [-0.25, -0.2) is 9.13 Å². The molecule has 3 N–H and O–H groups in total. The number of carbonyl (C=O) groups excluding carboxylic acids is 4. The van der Waals surface area contributed by atoms with Gasteiger partial charge in [0, 0.05) is 25.7 Å². The number of rotatable bonds is 67. The van der Waals surface area contributed by atoms with Crippen LogP contribution in [0.5, 0.6) is 0 Å². The Labute approximate surface area is 530 Å². The topological polar surface area (TPSA) is 237 Å². The van der Waals surface area contributed by atoms with Gasteiger partial charge in [-0.2, -0.15) is 0 Å². The number of hydrogen-bond donors (Lipinski definition) is 3. The molecule has 0 aliphatic rings. The fourth-order valence-corrected chi connectivity index (χ4v) is 11.8. The fraction of sp³-hybridized carbons (Fsp3) is 0.941. The molecule has 516 valence electrons. The minimum Gasteiger partial charge on any atom is -0.462 e. The number of esters is 4. The van der Waals surface area contributed by atoms with Crippen LogP contribution in [0.1, 0.15) is 343 Å². The molecule has 0 radical (unpaired) electrons. The molecule has 17 nitrogen and oxygen atoms in total. The summed E-state index contributed by atoms with van der Waals surface area (Å²) in [5, 5.41) is 10.6. The first kappa shape index (κ1) is 85.1. The zero-order chi connectivity index (χ0) is 64.3. The van der Waals surface area contributed by atoms with E-state index in [-0.39, 0.29) is 25.7 Å². The van der Waals surface area contributed by atoms with Crippen molar-refractivity contribution >= 4 is 39.5 Å². The molecule has 0 aromatic rings. The van der Waals surface area contributed by atoms with E-state index in [1.807, 2.05) is 0 Å². The van der Waals surface area contributed by atoms with Crippen molar-refractivity contribution in [2.45, 2.75) is 362 Å². The first-order valence-corrected chi connectivity index (χ1v) is 38.5. The largest absolute Gasteiger partial charge is 0.472 e. The van der Waals surface area contributed by atoms with Crippen LogP contribution in [0.3, 0.4) is 0 Å². The van der Waals surface area contributed by atoms with Crippen LogP contribution in [-0.2, 0) is 65.4 Å². The van der Waals surface area contributed by atoms with Crippen LogP contribution in [0.15, 0.2) is 0 Å². The highest BCUT2D eigenvalue weighted by atomic mass is 31.2. The Balaban J connectivity index is 5.22. The van der Waals surface area contributed by atoms with Crippen molar-refractivity contribution in [2.75, 3.05) is 39.6 Å². The van der Waals surface area contributed by atoms with Crippen LogP contribution in [0.2, 0.25) is 0 Å². The van der Waals surface area contributed by atoms with Gasteiger partial charge >= 0.3 is 39.5 Å². The predicted molar refractivity (Wildman–Crippen MR) is 349 cm³/mol. The lowest BCUT2D eigenvalue weighted by molar-refractivity contribution is -0.161. The van der Waals surface area contributed by atoms with Crippen molar-refractivity contribution in [1.29, 1.82) is 0 Å². The van der Waals surface area contributed by atoms with E-state index in [9.17, 15) is 43.2 Å². The third kappa shape index (κ3) is 62.6. The third-order valence-electron chi connectivity index (χ3n) is 15.7. The standard InChI is InChI=1S/C68H132O17P2/c1-7-9-11-13-15-16-17-22-28-34-40-46-52-67(72)84-63(56-78-65(70)50-44-38-30-14-12-10-8-2)58-82-86(74,75)80-54-62(69)55-81-87(76,77)83-59-64(85-68(73)53-47-41-35-29-24-19-21-26-32-37-43-49-61(5)6)57-79-66(71)51-45-39-33-27-23-18-20-25-31-36-42-48-60(3)4/h60-64,69H,7-59H2,1-6H3,(H,74,75)(H,76,77)/t62-,63+,64+/m0/s1. The van der Waals surface area contributed by atoms with Crippen LogP contribution in [0, 0.1) is 11.8 Å². The van der Waals surface area contributed by atoms with Crippen LogP contribution >= 0.6 is 15.6 Å². The van der Waals surface area contributed by atoms with Crippen molar-refractivity contribution < 1.29 is 80.2 Å². The van der Waals surface area contributed by atoms with E-state index in [1.165, 1.54) is 148 Å². The summed E-state index contributed by atoms with van der Waals surface area (Å²) in [4.78, 5) is 72.3. The Kier molecular flexibility index (Phi) is 59.0. The van der Waals surface area contributed by atoms with Crippen LogP contribution in [0.25, 0.3) is 0 Å². The van der Waals surface area contributed by atoms with Crippen molar-refractivity contribution in [3.8, 4) is 0 Å². The van der Waals surface area contributed by atoms with Gasteiger partial charge < -0.3 is 33.8 Å². The van der Waals surface area contributed by atoms with Gasteiger partial charge in [-0.3, -0.25) is 37.3 Å². The lowest BCUT2D eigenvalue weighted by atomic mass is 10.0. The first-order valence-electron chi connectivity index (χ1n) is 35.5. The fourth-order valence-electron chi connectivity index (χ4n) is 10.2. The first-order chi connectivity index (χ1) is 41.9. The number of carbonyl (C=O) groups is 4. The molecule has 0 aliphatic heterocycles. The zero-order valence-electron chi connectivity index (χ0n) is 56.3. The van der Waals surface area contributed by atoms with Gasteiger partial charge in [-0.1, -0.05) is 292 Å². The number of phosphoric acid groups is 2. The van der Waals surface area contributed by atoms with Crippen molar-refractivity contribution in [3.05, 3.63) is 0 Å². The summed E-state index contributed by atoms with van der Waals surface area (Å²) in [5.41, 5.74) is 0. The van der Waals surface area contributed by atoms with Gasteiger partial charge in [-0.15, -0.1) is 0 Å². The predicted octanol–water partition coefficient (Wildman–Crippen LogP) is 19.2. The van der Waals surface area contributed by atoms with Crippen molar-refractivity contribution in [1.82, 2.24) is 0 Å². The Morgan fingerprint density at radius 2 is 0.529 bits per heavy atom. The third-order valence-corrected chi connectivity index (χ3v) is 17.6. The van der Waals surface area contributed by atoms with E-state index in [2.05, 4.69) is 41.5 Å². The van der Waals surface area contributed by atoms with E-state index >= 15 is 0 Å². The molecule has 0 heterocycles. The molecule has 0 fully saturated rings. The average Bonchev–Trinajstić information content (AvgIpc) is 3.69. The molecule has 87 heavy (non-hydrogen) atoms. The summed E-state index contributed by atoms with van der Waals surface area (Å²) < 4.78 is 68.1. The smallest absolute Gasteiger partial charge is 0.462 e. The van der Waals surface area contributed by atoms with Crippen LogP contribution in [-0.4, -0.2) is 96.7 Å². The quantitative estimate of drug-likeness (QED) is 0.0222. The second kappa shape index (κ2) is 60.3. The van der Waals surface area contributed by atoms with E-state index < -0.39 is 97.5 Å². The minimum absolute atomic E-state index is 0.106. The van der Waals surface area contributed by atoms with E-state index in [1.54, 1.807) is 0 Å². The number of phosphoric ester groups is 2. The highest BCUT2D eigenvalue weighted by Crippen LogP contribution is 2.45. The van der Waals surface area contributed by atoms with E-state index in [0.29, 0.717) is 25.7 Å². The maximum absolute atomic E-state index is 13.0. The number of hydrogen-bond acceptors (Lipinski definition) is 15. The molecule has 19 heteroatoms. The molecule has 2 unspecified atom stereocenters. The number of unbranched alkanes of at least 4 members (excludes halogenated alkanes) is 37. The molecule has 0 aliphatic carbocycles.